The fourth-order valence-electron chi connectivity index (χ4n) is 2.20. The number of carbonyl (C=O) groups excluding carboxylic acids is 2. The maximum Gasteiger partial charge on any atom is 0.339 e. The molecule has 1 aliphatic rings. The van der Waals surface area contributed by atoms with Crippen LogP contribution in [0.4, 0.5) is 0 Å². The number of Topliss-reactive ketones (excluding diaryl/α,β-unsaturated/α-hetero) is 1. The van der Waals surface area contributed by atoms with Gasteiger partial charge in [0.05, 0.1) is 19.8 Å². The van der Waals surface area contributed by atoms with E-state index >= 15 is 0 Å². The minimum absolute atomic E-state index is 0.000499. The van der Waals surface area contributed by atoms with E-state index in [1.54, 1.807) is 18.2 Å². The number of ketones is 1. The van der Waals surface area contributed by atoms with Crippen molar-refractivity contribution in [2.24, 2.45) is 0 Å². The number of ether oxygens (including phenoxy) is 3. The van der Waals surface area contributed by atoms with Crippen molar-refractivity contribution in [3.8, 4) is 11.5 Å². The van der Waals surface area contributed by atoms with Crippen LogP contribution in [0.1, 0.15) is 36.0 Å². The van der Waals surface area contributed by atoms with E-state index in [2.05, 4.69) is 0 Å². The van der Waals surface area contributed by atoms with Crippen LogP contribution in [-0.2, 0) is 9.53 Å². The molecule has 0 spiro atoms. The van der Waals surface area contributed by atoms with Crippen molar-refractivity contribution in [3.63, 3.8) is 0 Å². The fourth-order valence-corrected chi connectivity index (χ4v) is 2.20. The lowest BCUT2D eigenvalue weighted by molar-refractivity contribution is -0.129. The van der Waals surface area contributed by atoms with Crippen LogP contribution in [0.5, 0.6) is 11.5 Å². The molecule has 108 valence electrons. The fraction of sp³-hybridized carbons (Fsp3) is 0.467. The molecule has 0 N–H and O–H groups in total. The number of hydrogen-bond acceptors (Lipinski definition) is 5. The van der Waals surface area contributed by atoms with Gasteiger partial charge in [0, 0.05) is 12.5 Å². The van der Waals surface area contributed by atoms with Crippen LogP contribution in [0.15, 0.2) is 18.2 Å². The third-order valence-corrected chi connectivity index (χ3v) is 3.34. The van der Waals surface area contributed by atoms with Crippen LogP contribution in [-0.4, -0.2) is 32.1 Å². The first kappa shape index (κ1) is 14.4. The normalized spacial score (nSPS) is 18.5. The average molecular weight is 278 g/mol. The molecular formula is C15H18O5. The van der Waals surface area contributed by atoms with Gasteiger partial charge in [-0.1, -0.05) is 0 Å². The Bertz CT molecular complexity index is 487. The van der Waals surface area contributed by atoms with Gasteiger partial charge in [-0.05, 0) is 31.4 Å². The van der Waals surface area contributed by atoms with Gasteiger partial charge < -0.3 is 14.2 Å². The van der Waals surface area contributed by atoms with E-state index in [0.29, 0.717) is 29.9 Å². The molecule has 0 saturated heterocycles. The summed E-state index contributed by atoms with van der Waals surface area (Å²) in [5, 5.41) is 0. The molecule has 0 bridgehead atoms. The summed E-state index contributed by atoms with van der Waals surface area (Å²) < 4.78 is 15.5. The van der Waals surface area contributed by atoms with Crippen molar-refractivity contribution in [1.29, 1.82) is 0 Å². The molecule has 1 fully saturated rings. The van der Waals surface area contributed by atoms with Crippen molar-refractivity contribution in [2.75, 3.05) is 14.2 Å². The highest BCUT2D eigenvalue weighted by Gasteiger charge is 2.26. The van der Waals surface area contributed by atoms with Gasteiger partial charge in [0.2, 0.25) is 0 Å². The largest absolute Gasteiger partial charge is 0.497 e. The van der Waals surface area contributed by atoms with E-state index in [9.17, 15) is 9.59 Å². The number of esters is 1. The van der Waals surface area contributed by atoms with Gasteiger partial charge in [0.25, 0.3) is 0 Å². The Hall–Kier alpha value is -2.04. The summed E-state index contributed by atoms with van der Waals surface area (Å²) in [7, 11) is 3.02. The van der Waals surface area contributed by atoms with E-state index in [1.807, 2.05) is 0 Å². The summed E-state index contributed by atoms with van der Waals surface area (Å²) in [5.74, 6) is 0.486. The molecule has 1 aromatic rings. The lowest BCUT2D eigenvalue weighted by atomic mass is 9.96. The molecule has 0 amide bonds. The second kappa shape index (κ2) is 6.41. The maximum absolute atomic E-state index is 12.1. The Kier molecular flexibility index (Phi) is 4.61. The molecular weight excluding hydrogens is 260 g/mol. The highest BCUT2D eigenvalue weighted by molar-refractivity contribution is 5.93. The monoisotopic (exact) mass is 278 g/mol. The topological polar surface area (TPSA) is 61.8 Å². The van der Waals surface area contributed by atoms with Gasteiger partial charge in [-0.15, -0.1) is 0 Å². The molecule has 1 atom stereocenters. The van der Waals surface area contributed by atoms with E-state index < -0.39 is 12.1 Å². The van der Waals surface area contributed by atoms with Crippen molar-refractivity contribution in [3.05, 3.63) is 23.8 Å². The van der Waals surface area contributed by atoms with Crippen molar-refractivity contribution >= 4 is 11.8 Å². The molecule has 1 saturated carbocycles. The number of carbonyl (C=O) groups is 2. The number of benzene rings is 1. The summed E-state index contributed by atoms with van der Waals surface area (Å²) in [6, 6.07) is 4.80. The molecule has 0 heterocycles. The minimum atomic E-state index is -0.617. The predicted molar refractivity (Wildman–Crippen MR) is 72.2 cm³/mol. The van der Waals surface area contributed by atoms with E-state index in [0.717, 1.165) is 12.8 Å². The van der Waals surface area contributed by atoms with Crippen LogP contribution in [0.2, 0.25) is 0 Å². The van der Waals surface area contributed by atoms with Gasteiger partial charge >= 0.3 is 5.97 Å². The van der Waals surface area contributed by atoms with Gasteiger partial charge in [0.15, 0.2) is 11.9 Å². The Morgan fingerprint density at radius 2 is 1.75 bits per heavy atom. The zero-order valence-electron chi connectivity index (χ0n) is 11.7. The highest BCUT2D eigenvalue weighted by Crippen LogP contribution is 2.24. The quantitative estimate of drug-likeness (QED) is 0.791. The minimum Gasteiger partial charge on any atom is -0.497 e. The van der Waals surface area contributed by atoms with Gasteiger partial charge in [-0.3, -0.25) is 4.79 Å². The summed E-state index contributed by atoms with van der Waals surface area (Å²) >= 11 is 0. The molecule has 20 heavy (non-hydrogen) atoms. The first-order valence-electron chi connectivity index (χ1n) is 6.61. The second-order valence-electron chi connectivity index (χ2n) is 4.71. The van der Waals surface area contributed by atoms with Crippen LogP contribution in [0, 0.1) is 0 Å². The van der Waals surface area contributed by atoms with Crippen LogP contribution < -0.4 is 9.47 Å². The molecule has 5 nitrogen and oxygen atoms in total. The smallest absolute Gasteiger partial charge is 0.339 e. The predicted octanol–water partition coefficient (Wildman–Crippen LogP) is 2.37. The van der Waals surface area contributed by atoms with Crippen molar-refractivity contribution < 1.29 is 23.8 Å². The van der Waals surface area contributed by atoms with Crippen molar-refractivity contribution in [1.82, 2.24) is 0 Å². The zero-order valence-corrected chi connectivity index (χ0v) is 11.7. The molecule has 1 aromatic carbocycles. The third kappa shape index (κ3) is 3.29. The molecule has 1 aliphatic carbocycles. The molecule has 0 aromatic heterocycles. The van der Waals surface area contributed by atoms with Crippen LogP contribution in [0.3, 0.4) is 0 Å². The lowest BCUT2D eigenvalue weighted by Gasteiger charge is -2.20. The van der Waals surface area contributed by atoms with Gasteiger partial charge in [-0.25, -0.2) is 4.79 Å². The Morgan fingerprint density at radius 3 is 2.30 bits per heavy atom. The summed E-state index contributed by atoms with van der Waals surface area (Å²) in [4.78, 5) is 23.8. The number of rotatable bonds is 4. The molecule has 2 rings (SSSR count). The van der Waals surface area contributed by atoms with E-state index in [-0.39, 0.29) is 5.78 Å². The van der Waals surface area contributed by atoms with Gasteiger partial charge in [-0.2, -0.15) is 0 Å². The Labute approximate surface area is 117 Å². The molecule has 5 heteroatoms. The van der Waals surface area contributed by atoms with Crippen LogP contribution >= 0.6 is 0 Å². The van der Waals surface area contributed by atoms with E-state index in [1.165, 1.54) is 14.2 Å². The molecule has 0 aliphatic heterocycles. The summed E-state index contributed by atoms with van der Waals surface area (Å²) in [6.07, 6.45) is 2.25. The highest BCUT2D eigenvalue weighted by atomic mass is 16.5. The third-order valence-electron chi connectivity index (χ3n) is 3.34. The van der Waals surface area contributed by atoms with Crippen LogP contribution in [0.25, 0.3) is 0 Å². The summed E-state index contributed by atoms with van der Waals surface area (Å²) in [6.45, 7) is 0. The summed E-state index contributed by atoms with van der Waals surface area (Å²) in [5.41, 5.74) is 0.319. The Morgan fingerprint density at radius 1 is 1.10 bits per heavy atom. The van der Waals surface area contributed by atoms with E-state index in [4.69, 9.17) is 14.2 Å². The number of methoxy groups -OCH3 is 2. The molecule has 0 radical (unpaired) electrons. The van der Waals surface area contributed by atoms with Crippen molar-refractivity contribution in [2.45, 2.75) is 31.8 Å². The maximum atomic E-state index is 12.1. The molecule has 0 unspecified atom stereocenters. The SMILES string of the molecule is COc1cc(OC)cc(C(=O)O[C@H]2CCCCC2=O)c1. The zero-order chi connectivity index (χ0) is 14.5. The Balaban J connectivity index is 2.13. The second-order valence-corrected chi connectivity index (χ2v) is 4.71. The first-order chi connectivity index (χ1) is 9.63. The standard InChI is InChI=1S/C15H18O5/c1-18-11-7-10(8-12(9-11)19-2)15(17)20-14-6-4-3-5-13(14)16/h7-9,14H,3-6H2,1-2H3/t14-/m0/s1. The first-order valence-corrected chi connectivity index (χ1v) is 6.61. The average Bonchev–Trinajstić information content (AvgIpc) is 2.48. The number of hydrogen-bond donors (Lipinski definition) is 0. The van der Waals surface area contributed by atoms with Gasteiger partial charge in [0.1, 0.15) is 11.5 Å². The lowest BCUT2D eigenvalue weighted by Crippen LogP contribution is -2.30.